The fourth-order valence-corrected chi connectivity index (χ4v) is 2.39. The molecule has 0 N–H and O–H groups in total. The molecule has 0 aromatic heterocycles. The molecular formula is C14H21FN2O. The molecule has 0 atom stereocenters. The topological polar surface area (TPSA) is 15.7 Å². The maximum absolute atomic E-state index is 13.2. The molecule has 100 valence electrons. The van der Waals surface area contributed by atoms with Crippen molar-refractivity contribution in [1.82, 2.24) is 4.90 Å². The maximum Gasteiger partial charge on any atom is 0.145 e. The number of rotatable bonds is 3. The van der Waals surface area contributed by atoms with Crippen LogP contribution in [0.4, 0.5) is 10.1 Å². The summed E-state index contributed by atoms with van der Waals surface area (Å²) in [4.78, 5) is 4.71. The third-order valence-corrected chi connectivity index (χ3v) is 3.53. The number of benzene rings is 1. The molecular weight excluding hydrogens is 231 g/mol. The second-order valence-corrected chi connectivity index (χ2v) is 4.93. The molecule has 0 unspecified atom stereocenters. The molecule has 1 aromatic carbocycles. The largest absolute Gasteiger partial charge is 0.494 e. The van der Waals surface area contributed by atoms with E-state index in [0.717, 1.165) is 31.9 Å². The van der Waals surface area contributed by atoms with Crippen LogP contribution >= 0.6 is 0 Å². The van der Waals surface area contributed by atoms with Crippen molar-refractivity contribution in [3.63, 3.8) is 0 Å². The number of hydrogen-bond donors (Lipinski definition) is 0. The summed E-state index contributed by atoms with van der Waals surface area (Å²) >= 11 is 0. The van der Waals surface area contributed by atoms with Gasteiger partial charge >= 0.3 is 0 Å². The molecule has 0 aliphatic carbocycles. The van der Waals surface area contributed by atoms with Crippen LogP contribution in [-0.4, -0.2) is 44.2 Å². The first-order valence-electron chi connectivity index (χ1n) is 6.44. The number of anilines is 1. The Morgan fingerprint density at radius 1 is 1.17 bits per heavy atom. The second kappa shape index (κ2) is 5.57. The predicted octanol–water partition coefficient (Wildman–Crippen LogP) is 2.36. The van der Waals surface area contributed by atoms with Crippen LogP contribution in [0.1, 0.15) is 13.8 Å². The van der Waals surface area contributed by atoms with Gasteiger partial charge in [0.1, 0.15) is 11.6 Å². The first-order valence-corrected chi connectivity index (χ1v) is 6.44. The summed E-state index contributed by atoms with van der Waals surface area (Å²) in [6.45, 7) is 8.43. The lowest BCUT2D eigenvalue weighted by Crippen LogP contribution is -2.49. The fourth-order valence-electron chi connectivity index (χ4n) is 2.39. The van der Waals surface area contributed by atoms with Gasteiger partial charge in [0, 0.05) is 38.3 Å². The van der Waals surface area contributed by atoms with Gasteiger partial charge in [0.2, 0.25) is 0 Å². The van der Waals surface area contributed by atoms with Gasteiger partial charge in [-0.1, -0.05) is 0 Å². The summed E-state index contributed by atoms with van der Waals surface area (Å²) in [7, 11) is 1.59. The summed E-state index contributed by atoms with van der Waals surface area (Å²) in [5.41, 5.74) is 0.988. The molecule has 0 bridgehead atoms. The number of piperazine rings is 1. The van der Waals surface area contributed by atoms with Gasteiger partial charge in [0.25, 0.3) is 0 Å². The second-order valence-electron chi connectivity index (χ2n) is 4.93. The molecule has 4 heteroatoms. The highest BCUT2D eigenvalue weighted by Gasteiger charge is 2.21. The smallest absolute Gasteiger partial charge is 0.145 e. The van der Waals surface area contributed by atoms with Crippen LogP contribution in [0.15, 0.2) is 18.2 Å². The Morgan fingerprint density at radius 2 is 1.83 bits per heavy atom. The highest BCUT2D eigenvalue weighted by molar-refractivity contribution is 5.58. The van der Waals surface area contributed by atoms with Crippen molar-refractivity contribution >= 4 is 5.69 Å². The van der Waals surface area contributed by atoms with Gasteiger partial charge in [-0.25, -0.2) is 4.39 Å². The van der Waals surface area contributed by atoms with Gasteiger partial charge in [0.15, 0.2) is 0 Å². The van der Waals surface area contributed by atoms with Crippen LogP contribution in [0.2, 0.25) is 0 Å². The summed E-state index contributed by atoms with van der Waals surface area (Å²) < 4.78 is 18.4. The van der Waals surface area contributed by atoms with Crippen molar-refractivity contribution in [3.05, 3.63) is 24.0 Å². The molecule has 1 aliphatic heterocycles. The van der Waals surface area contributed by atoms with E-state index in [1.807, 2.05) is 0 Å². The van der Waals surface area contributed by atoms with Crippen molar-refractivity contribution in [2.24, 2.45) is 0 Å². The maximum atomic E-state index is 13.2. The van der Waals surface area contributed by atoms with Gasteiger partial charge in [-0.2, -0.15) is 0 Å². The zero-order valence-electron chi connectivity index (χ0n) is 11.3. The van der Waals surface area contributed by atoms with Crippen molar-refractivity contribution in [1.29, 1.82) is 0 Å². The quantitative estimate of drug-likeness (QED) is 0.821. The lowest BCUT2D eigenvalue weighted by Gasteiger charge is -2.38. The zero-order valence-corrected chi connectivity index (χ0v) is 11.3. The standard InChI is InChI=1S/C14H21FN2O/c1-11(2)16-6-8-17(9-7-16)13-5-4-12(15)10-14(13)18-3/h4-5,10-11H,6-9H2,1-3H3. The summed E-state index contributed by atoms with van der Waals surface area (Å²) in [5, 5.41) is 0. The van der Waals surface area contributed by atoms with E-state index in [1.165, 1.54) is 12.1 Å². The van der Waals surface area contributed by atoms with E-state index in [-0.39, 0.29) is 5.82 Å². The normalized spacial score (nSPS) is 17.3. The number of ether oxygens (including phenoxy) is 1. The highest BCUT2D eigenvalue weighted by atomic mass is 19.1. The minimum Gasteiger partial charge on any atom is -0.494 e. The molecule has 18 heavy (non-hydrogen) atoms. The first-order chi connectivity index (χ1) is 8.61. The van der Waals surface area contributed by atoms with Gasteiger partial charge in [-0.3, -0.25) is 4.90 Å². The lowest BCUT2D eigenvalue weighted by molar-refractivity contribution is 0.209. The van der Waals surface area contributed by atoms with E-state index >= 15 is 0 Å². The minimum atomic E-state index is -0.253. The molecule has 1 heterocycles. The number of hydrogen-bond acceptors (Lipinski definition) is 3. The first kappa shape index (κ1) is 13.1. The molecule has 1 saturated heterocycles. The van der Waals surface area contributed by atoms with E-state index in [2.05, 4.69) is 23.6 Å². The molecule has 1 fully saturated rings. The van der Waals surface area contributed by atoms with Crippen molar-refractivity contribution in [2.75, 3.05) is 38.2 Å². The lowest BCUT2D eigenvalue weighted by atomic mass is 10.2. The number of halogens is 1. The minimum absolute atomic E-state index is 0.253. The van der Waals surface area contributed by atoms with Crippen molar-refractivity contribution in [3.8, 4) is 5.75 Å². The molecule has 2 rings (SSSR count). The van der Waals surface area contributed by atoms with Crippen molar-refractivity contribution in [2.45, 2.75) is 19.9 Å². The van der Waals surface area contributed by atoms with Gasteiger partial charge in [-0.15, -0.1) is 0 Å². The van der Waals surface area contributed by atoms with Crippen LogP contribution in [-0.2, 0) is 0 Å². The Morgan fingerprint density at radius 3 is 2.39 bits per heavy atom. The van der Waals surface area contributed by atoms with E-state index in [4.69, 9.17) is 4.74 Å². The Kier molecular flexibility index (Phi) is 4.07. The average molecular weight is 252 g/mol. The zero-order chi connectivity index (χ0) is 13.1. The average Bonchev–Trinajstić information content (AvgIpc) is 2.38. The van der Waals surface area contributed by atoms with E-state index in [1.54, 1.807) is 13.2 Å². The van der Waals surface area contributed by atoms with E-state index < -0.39 is 0 Å². The third kappa shape index (κ3) is 2.75. The van der Waals surface area contributed by atoms with E-state index in [9.17, 15) is 4.39 Å². The van der Waals surface area contributed by atoms with Crippen molar-refractivity contribution < 1.29 is 9.13 Å². The van der Waals surface area contributed by atoms with Crippen LogP contribution in [0, 0.1) is 5.82 Å². The third-order valence-electron chi connectivity index (χ3n) is 3.53. The fraction of sp³-hybridized carbons (Fsp3) is 0.571. The monoisotopic (exact) mass is 252 g/mol. The van der Waals surface area contributed by atoms with Crippen LogP contribution in [0.25, 0.3) is 0 Å². The predicted molar refractivity (Wildman–Crippen MR) is 71.9 cm³/mol. The SMILES string of the molecule is COc1cc(F)ccc1N1CCN(C(C)C)CC1. The number of nitrogens with zero attached hydrogens (tertiary/aromatic N) is 2. The Hall–Kier alpha value is -1.29. The molecule has 0 amide bonds. The van der Waals surface area contributed by atoms with Crippen LogP contribution in [0.5, 0.6) is 5.75 Å². The molecule has 0 radical (unpaired) electrons. The Labute approximate surface area is 108 Å². The molecule has 1 aliphatic rings. The summed E-state index contributed by atoms with van der Waals surface area (Å²) in [6, 6.07) is 5.33. The van der Waals surface area contributed by atoms with Gasteiger partial charge in [0.05, 0.1) is 12.8 Å². The van der Waals surface area contributed by atoms with Crippen LogP contribution in [0.3, 0.4) is 0 Å². The Bertz CT molecular complexity index is 401. The highest BCUT2D eigenvalue weighted by Crippen LogP contribution is 2.29. The van der Waals surface area contributed by atoms with Gasteiger partial charge < -0.3 is 9.64 Å². The molecule has 3 nitrogen and oxygen atoms in total. The summed E-state index contributed by atoms with van der Waals surface area (Å²) in [6.07, 6.45) is 0. The van der Waals surface area contributed by atoms with E-state index in [0.29, 0.717) is 11.8 Å². The molecule has 0 spiro atoms. The molecule has 1 aromatic rings. The number of methoxy groups -OCH3 is 1. The Balaban J connectivity index is 2.09. The van der Waals surface area contributed by atoms with Gasteiger partial charge in [-0.05, 0) is 26.0 Å². The molecule has 0 saturated carbocycles. The van der Waals surface area contributed by atoms with Crippen LogP contribution < -0.4 is 9.64 Å². The summed E-state index contributed by atoms with van der Waals surface area (Å²) in [5.74, 6) is 0.365.